The van der Waals surface area contributed by atoms with Crippen LogP contribution >= 0.6 is 0 Å². The number of rotatable bonds is 4. The van der Waals surface area contributed by atoms with Gasteiger partial charge in [-0.15, -0.1) is 0 Å². The first kappa shape index (κ1) is 17.5. The number of methoxy groups -OCH3 is 1. The van der Waals surface area contributed by atoms with Gasteiger partial charge in [0.2, 0.25) is 0 Å². The number of aryl methyl sites for hydroxylation is 1. The van der Waals surface area contributed by atoms with E-state index >= 15 is 0 Å². The third kappa shape index (κ3) is 3.40. The van der Waals surface area contributed by atoms with E-state index in [4.69, 9.17) is 9.15 Å². The van der Waals surface area contributed by atoms with Crippen LogP contribution in [0.3, 0.4) is 0 Å². The summed E-state index contributed by atoms with van der Waals surface area (Å²) < 4.78 is 23.8. The van der Waals surface area contributed by atoms with E-state index in [1.165, 1.54) is 24.8 Å². The monoisotopic (exact) mass is 368 g/mol. The maximum Gasteiger partial charge on any atom is 0.341 e. The Morgan fingerprint density at radius 3 is 2.96 bits per heavy atom. The van der Waals surface area contributed by atoms with E-state index in [1.54, 1.807) is 13.0 Å². The number of nitrogens with one attached hydrogen (secondary N) is 1. The smallest absolute Gasteiger partial charge is 0.341 e. The number of nitrogens with zero attached hydrogens (tertiary/aromatic N) is 1. The van der Waals surface area contributed by atoms with Crippen LogP contribution in [0.2, 0.25) is 0 Å². The van der Waals surface area contributed by atoms with Gasteiger partial charge in [-0.05, 0) is 43.2 Å². The Hall–Kier alpha value is -2.86. The second kappa shape index (κ2) is 7.04. The van der Waals surface area contributed by atoms with Crippen molar-refractivity contribution < 1.29 is 18.3 Å². The van der Waals surface area contributed by atoms with Crippen molar-refractivity contribution in [3.05, 3.63) is 65.0 Å². The Bertz CT molecular complexity index is 1030. The van der Waals surface area contributed by atoms with Crippen molar-refractivity contribution in [2.75, 3.05) is 20.2 Å². The van der Waals surface area contributed by atoms with Crippen molar-refractivity contribution in [2.45, 2.75) is 19.9 Å². The molecule has 0 saturated heterocycles. The molecular weight excluding hydrogens is 347 g/mol. The number of esters is 1. The Kier molecular flexibility index (Phi) is 4.58. The summed E-state index contributed by atoms with van der Waals surface area (Å²) in [6, 6.07) is 6.60. The van der Waals surface area contributed by atoms with Crippen LogP contribution in [-0.4, -0.2) is 36.1 Å². The minimum atomic E-state index is -0.376. The molecule has 0 fully saturated rings. The van der Waals surface area contributed by atoms with Crippen molar-refractivity contribution in [3.63, 3.8) is 0 Å². The highest BCUT2D eigenvalue weighted by Crippen LogP contribution is 2.30. The maximum absolute atomic E-state index is 13.4. The molecule has 1 aliphatic heterocycles. The second-order valence-electron chi connectivity index (χ2n) is 6.78. The molecule has 0 unspecified atom stereocenters. The normalized spacial score (nSPS) is 15.1. The van der Waals surface area contributed by atoms with Gasteiger partial charge >= 0.3 is 5.97 Å². The van der Waals surface area contributed by atoms with Crippen LogP contribution in [0.25, 0.3) is 16.5 Å². The number of aromatic amines is 1. The predicted octanol–water partition coefficient (Wildman–Crippen LogP) is 4.28. The van der Waals surface area contributed by atoms with E-state index in [1.807, 2.05) is 12.3 Å². The van der Waals surface area contributed by atoms with Gasteiger partial charge in [-0.3, -0.25) is 4.90 Å². The van der Waals surface area contributed by atoms with Crippen LogP contribution in [0.4, 0.5) is 4.39 Å². The van der Waals surface area contributed by atoms with Gasteiger partial charge in [0.1, 0.15) is 22.9 Å². The standard InChI is InChI=1S/C21H21FN2O3/c1-13-18(21(25)26-2)10-16(27-13)12-24-7-5-14(6-8-24)19-11-23-20-9-15(22)3-4-17(19)20/h3-5,9-11,23H,6-8,12H2,1-2H3. The summed E-state index contributed by atoms with van der Waals surface area (Å²) in [6.45, 7) is 4.08. The van der Waals surface area contributed by atoms with E-state index in [9.17, 15) is 9.18 Å². The number of H-pyrrole nitrogens is 1. The van der Waals surface area contributed by atoms with Gasteiger partial charge < -0.3 is 14.1 Å². The summed E-state index contributed by atoms with van der Waals surface area (Å²) in [4.78, 5) is 17.1. The highest BCUT2D eigenvalue weighted by Gasteiger charge is 2.20. The van der Waals surface area contributed by atoms with Gasteiger partial charge in [0.25, 0.3) is 0 Å². The quantitative estimate of drug-likeness (QED) is 0.698. The van der Waals surface area contributed by atoms with Crippen LogP contribution in [0.1, 0.15) is 33.9 Å². The number of fused-ring (bicyclic) bond motifs is 1. The topological polar surface area (TPSA) is 58.5 Å². The van der Waals surface area contributed by atoms with Crippen molar-refractivity contribution in [2.24, 2.45) is 0 Å². The SMILES string of the molecule is COC(=O)c1cc(CN2CC=C(c3c[nH]c4cc(F)ccc34)CC2)oc1C. The first-order valence-corrected chi connectivity index (χ1v) is 8.91. The first-order valence-electron chi connectivity index (χ1n) is 8.91. The fourth-order valence-electron chi connectivity index (χ4n) is 3.62. The number of furan rings is 1. The summed E-state index contributed by atoms with van der Waals surface area (Å²) in [5, 5.41) is 1.04. The zero-order valence-electron chi connectivity index (χ0n) is 15.3. The summed E-state index contributed by atoms with van der Waals surface area (Å²) in [5.41, 5.74) is 3.68. The summed E-state index contributed by atoms with van der Waals surface area (Å²) >= 11 is 0. The van der Waals surface area contributed by atoms with Gasteiger partial charge in [0.15, 0.2) is 0 Å². The first-order chi connectivity index (χ1) is 13.0. The summed E-state index contributed by atoms with van der Waals surface area (Å²) in [5.74, 6) is 0.724. The summed E-state index contributed by atoms with van der Waals surface area (Å²) in [6.07, 6.45) is 5.05. The zero-order chi connectivity index (χ0) is 19.0. The van der Waals surface area contributed by atoms with E-state index in [0.29, 0.717) is 17.9 Å². The molecule has 0 aliphatic carbocycles. The Labute approximate surface area is 156 Å². The molecule has 0 saturated carbocycles. The van der Waals surface area contributed by atoms with Gasteiger partial charge in [0.05, 0.1) is 13.7 Å². The average Bonchev–Trinajstić information content (AvgIpc) is 3.24. The molecule has 4 rings (SSSR count). The van der Waals surface area contributed by atoms with Crippen LogP contribution in [0.5, 0.6) is 0 Å². The van der Waals surface area contributed by atoms with Crippen molar-refractivity contribution in [1.82, 2.24) is 9.88 Å². The largest absolute Gasteiger partial charge is 0.465 e. The molecular formula is C21H21FN2O3. The molecule has 0 bridgehead atoms. The molecule has 27 heavy (non-hydrogen) atoms. The van der Waals surface area contributed by atoms with E-state index in [-0.39, 0.29) is 11.8 Å². The van der Waals surface area contributed by atoms with Crippen LogP contribution in [0.15, 0.2) is 41.0 Å². The van der Waals surface area contributed by atoms with Gasteiger partial charge in [-0.2, -0.15) is 0 Å². The van der Waals surface area contributed by atoms with Crippen LogP contribution in [-0.2, 0) is 11.3 Å². The molecule has 6 heteroatoms. The number of benzene rings is 1. The second-order valence-corrected chi connectivity index (χ2v) is 6.78. The molecule has 5 nitrogen and oxygen atoms in total. The lowest BCUT2D eigenvalue weighted by Crippen LogP contribution is -2.27. The van der Waals surface area contributed by atoms with Gasteiger partial charge in [-0.1, -0.05) is 6.08 Å². The predicted molar refractivity (Wildman–Crippen MR) is 101 cm³/mol. The van der Waals surface area contributed by atoms with E-state index in [0.717, 1.165) is 41.7 Å². The number of hydrogen-bond acceptors (Lipinski definition) is 4. The lowest BCUT2D eigenvalue weighted by molar-refractivity contribution is 0.0599. The van der Waals surface area contributed by atoms with Gasteiger partial charge in [-0.25, -0.2) is 9.18 Å². The van der Waals surface area contributed by atoms with Crippen LogP contribution < -0.4 is 0 Å². The highest BCUT2D eigenvalue weighted by molar-refractivity contribution is 5.93. The molecule has 0 atom stereocenters. The van der Waals surface area contributed by atoms with E-state index < -0.39 is 0 Å². The Morgan fingerprint density at radius 2 is 2.22 bits per heavy atom. The number of carbonyl (C=O) groups excluding carboxylic acids is 1. The number of hydrogen-bond donors (Lipinski definition) is 1. The number of halogens is 1. The number of aromatic nitrogens is 1. The van der Waals surface area contributed by atoms with Crippen molar-refractivity contribution >= 4 is 22.4 Å². The molecule has 0 amide bonds. The lowest BCUT2D eigenvalue weighted by Gasteiger charge is -2.25. The molecule has 1 aromatic carbocycles. The molecule has 1 N–H and O–H groups in total. The van der Waals surface area contributed by atoms with Gasteiger partial charge in [0, 0.05) is 35.8 Å². The van der Waals surface area contributed by atoms with E-state index in [2.05, 4.69) is 16.0 Å². The molecule has 0 spiro atoms. The fraction of sp³-hybridized carbons (Fsp3) is 0.286. The lowest BCUT2D eigenvalue weighted by atomic mass is 9.99. The molecule has 3 heterocycles. The maximum atomic E-state index is 13.4. The van der Waals surface area contributed by atoms with Crippen molar-refractivity contribution in [1.29, 1.82) is 0 Å². The summed E-state index contributed by atoms with van der Waals surface area (Å²) in [7, 11) is 1.37. The van der Waals surface area contributed by atoms with Crippen molar-refractivity contribution in [3.8, 4) is 0 Å². The average molecular weight is 368 g/mol. The Balaban J connectivity index is 1.48. The molecule has 2 aromatic heterocycles. The Morgan fingerprint density at radius 1 is 1.37 bits per heavy atom. The highest BCUT2D eigenvalue weighted by atomic mass is 19.1. The third-order valence-electron chi connectivity index (χ3n) is 5.04. The van der Waals surface area contributed by atoms with Crippen LogP contribution in [0, 0.1) is 12.7 Å². The number of carbonyl (C=O) groups is 1. The zero-order valence-corrected chi connectivity index (χ0v) is 15.3. The molecule has 0 radical (unpaired) electrons. The molecule has 3 aromatic rings. The fourth-order valence-corrected chi connectivity index (χ4v) is 3.62. The molecule has 140 valence electrons. The molecule has 1 aliphatic rings. The minimum Gasteiger partial charge on any atom is -0.465 e. The third-order valence-corrected chi connectivity index (χ3v) is 5.04. The minimum absolute atomic E-state index is 0.236. The number of ether oxygens (including phenoxy) is 1.